The van der Waals surface area contributed by atoms with E-state index in [1.165, 1.54) is 11.1 Å². The Balaban J connectivity index is 1.37. The number of nitrogens with one attached hydrogen (secondary N) is 1. The van der Waals surface area contributed by atoms with Crippen LogP contribution in [0.4, 0.5) is 4.79 Å². The summed E-state index contributed by atoms with van der Waals surface area (Å²) in [5, 5.41) is 2.95. The molecule has 2 heterocycles. The van der Waals surface area contributed by atoms with Crippen LogP contribution in [0.2, 0.25) is 0 Å². The summed E-state index contributed by atoms with van der Waals surface area (Å²) in [4.78, 5) is 29.0. The quantitative estimate of drug-likeness (QED) is 0.822. The second-order valence-corrected chi connectivity index (χ2v) is 8.65. The molecule has 31 heavy (non-hydrogen) atoms. The van der Waals surface area contributed by atoms with Crippen LogP contribution in [0.5, 0.6) is 5.75 Å². The van der Waals surface area contributed by atoms with E-state index in [0.29, 0.717) is 39.1 Å². The van der Waals surface area contributed by atoms with Gasteiger partial charge in [0.15, 0.2) is 0 Å². The number of nitrogens with zero attached hydrogens (tertiary/aromatic N) is 2. The zero-order chi connectivity index (χ0) is 21.8. The largest absolute Gasteiger partial charge is 0.491 e. The maximum absolute atomic E-state index is 12.8. The van der Waals surface area contributed by atoms with Crippen LogP contribution >= 0.6 is 0 Å². The summed E-state index contributed by atoms with van der Waals surface area (Å²) in [7, 11) is 0. The Morgan fingerprint density at radius 2 is 1.77 bits per heavy atom. The minimum Gasteiger partial charge on any atom is -0.491 e. The van der Waals surface area contributed by atoms with E-state index in [1.807, 2.05) is 36.9 Å². The Hall–Kier alpha value is -3.02. The van der Waals surface area contributed by atoms with Gasteiger partial charge in [-0.2, -0.15) is 0 Å². The maximum atomic E-state index is 12.8. The molecular formula is C25H31N3O3. The van der Waals surface area contributed by atoms with Crippen LogP contribution in [0.15, 0.2) is 42.5 Å². The van der Waals surface area contributed by atoms with Crippen molar-refractivity contribution in [3.05, 3.63) is 64.7 Å². The van der Waals surface area contributed by atoms with Gasteiger partial charge in [-0.05, 0) is 49.4 Å². The molecule has 2 aliphatic rings. The molecule has 0 saturated heterocycles. The van der Waals surface area contributed by atoms with Gasteiger partial charge in [0.05, 0.1) is 13.1 Å². The number of fused-ring (bicyclic) bond motifs is 2. The van der Waals surface area contributed by atoms with Gasteiger partial charge < -0.3 is 19.9 Å². The predicted octanol–water partition coefficient (Wildman–Crippen LogP) is 3.52. The van der Waals surface area contributed by atoms with Crippen molar-refractivity contribution < 1.29 is 14.3 Å². The molecule has 2 aromatic rings. The topological polar surface area (TPSA) is 61.9 Å². The number of aryl methyl sites for hydroxylation is 1. The summed E-state index contributed by atoms with van der Waals surface area (Å²) in [6.45, 7) is 6.94. The zero-order valence-corrected chi connectivity index (χ0v) is 18.4. The normalized spacial score (nSPS) is 15.6. The van der Waals surface area contributed by atoms with E-state index in [-0.39, 0.29) is 18.0 Å². The van der Waals surface area contributed by atoms with Gasteiger partial charge in [-0.3, -0.25) is 4.79 Å². The van der Waals surface area contributed by atoms with Gasteiger partial charge in [0.25, 0.3) is 0 Å². The summed E-state index contributed by atoms with van der Waals surface area (Å²) in [6, 6.07) is 14.5. The molecule has 0 fully saturated rings. The van der Waals surface area contributed by atoms with Crippen LogP contribution in [0.3, 0.4) is 0 Å². The number of hydrogen-bond donors (Lipinski definition) is 1. The second kappa shape index (κ2) is 9.41. The molecule has 3 amide bonds. The fourth-order valence-electron chi connectivity index (χ4n) is 4.23. The van der Waals surface area contributed by atoms with Crippen molar-refractivity contribution in [2.45, 2.75) is 52.2 Å². The highest BCUT2D eigenvalue weighted by atomic mass is 16.5. The molecule has 0 aliphatic carbocycles. The van der Waals surface area contributed by atoms with Crippen LogP contribution in [0.1, 0.15) is 42.5 Å². The highest BCUT2D eigenvalue weighted by Gasteiger charge is 2.22. The monoisotopic (exact) mass is 421 g/mol. The molecule has 2 aromatic carbocycles. The average molecular weight is 422 g/mol. The Morgan fingerprint density at radius 3 is 2.58 bits per heavy atom. The van der Waals surface area contributed by atoms with Crippen molar-refractivity contribution >= 4 is 11.9 Å². The SMILES string of the molecule is CC(C)NC(=O)N1CCOc2ccc(CCC(=O)N3CCc4ccccc4C3)cc2C1. The summed E-state index contributed by atoms with van der Waals surface area (Å²) < 4.78 is 5.85. The molecule has 2 aliphatic heterocycles. The summed E-state index contributed by atoms with van der Waals surface area (Å²) in [5.74, 6) is 1.01. The number of hydrogen-bond acceptors (Lipinski definition) is 3. The summed E-state index contributed by atoms with van der Waals surface area (Å²) >= 11 is 0. The molecule has 0 aromatic heterocycles. The van der Waals surface area contributed by atoms with Crippen molar-refractivity contribution in [2.24, 2.45) is 0 Å². The first-order valence-corrected chi connectivity index (χ1v) is 11.1. The Labute approximate surface area is 184 Å². The van der Waals surface area contributed by atoms with Crippen molar-refractivity contribution in [1.82, 2.24) is 15.1 Å². The van der Waals surface area contributed by atoms with E-state index < -0.39 is 0 Å². The smallest absolute Gasteiger partial charge is 0.318 e. The molecular weight excluding hydrogens is 390 g/mol. The van der Waals surface area contributed by atoms with Gasteiger partial charge in [-0.1, -0.05) is 36.4 Å². The number of urea groups is 1. The van der Waals surface area contributed by atoms with Crippen molar-refractivity contribution in [1.29, 1.82) is 0 Å². The Kier molecular flexibility index (Phi) is 6.44. The molecule has 0 bridgehead atoms. The molecule has 6 heteroatoms. The lowest BCUT2D eigenvalue weighted by Gasteiger charge is -2.29. The lowest BCUT2D eigenvalue weighted by atomic mass is 9.99. The van der Waals surface area contributed by atoms with Crippen molar-refractivity contribution in [2.75, 3.05) is 19.7 Å². The highest BCUT2D eigenvalue weighted by Crippen LogP contribution is 2.26. The number of ether oxygens (including phenoxy) is 1. The highest BCUT2D eigenvalue weighted by molar-refractivity contribution is 5.77. The molecule has 4 rings (SSSR count). The van der Waals surface area contributed by atoms with Gasteiger partial charge in [-0.15, -0.1) is 0 Å². The number of rotatable bonds is 4. The van der Waals surface area contributed by atoms with Crippen LogP contribution in [0.25, 0.3) is 0 Å². The van der Waals surface area contributed by atoms with Gasteiger partial charge in [0.2, 0.25) is 5.91 Å². The van der Waals surface area contributed by atoms with E-state index in [4.69, 9.17) is 4.74 Å². The standard InChI is InChI=1S/C25H31N3O3/c1-18(2)26-25(30)28-13-14-31-23-9-7-19(15-22(23)17-28)8-10-24(29)27-12-11-20-5-3-4-6-21(20)16-27/h3-7,9,15,18H,8,10-14,16-17H2,1-2H3,(H,26,30). The predicted molar refractivity (Wildman–Crippen MR) is 120 cm³/mol. The zero-order valence-electron chi connectivity index (χ0n) is 18.4. The minimum atomic E-state index is -0.0718. The average Bonchev–Trinajstić information content (AvgIpc) is 2.99. The number of carbonyl (C=O) groups is 2. The number of benzene rings is 2. The first-order chi connectivity index (χ1) is 15.0. The van der Waals surface area contributed by atoms with Crippen molar-refractivity contribution in [3.63, 3.8) is 0 Å². The first-order valence-electron chi connectivity index (χ1n) is 11.1. The summed E-state index contributed by atoms with van der Waals surface area (Å²) in [5.41, 5.74) is 4.69. The molecule has 1 N–H and O–H groups in total. The van der Waals surface area contributed by atoms with E-state index in [0.717, 1.165) is 29.8 Å². The molecule has 0 radical (unpaired) electrons. The van der Waals surface area contributed by atoms with E-state index in [9.17, 15) is 9.59 Å². The van der Waals surface area contributed by atoms with E-state index in [1.54, 1.807) is 4.90 Å². The van der Waals surface area contributed by atoms with Gasteiger partial charge in [-0.25, -0.2) is 4.79 Å². The Morgan fingerprint density at radius 1 is 1.00 bits per heavy atom. The minimum absolute atomic E-state index is 0.0718. The molecule has 0 spiro atoms. The van der Waals surface area contributed by atoms with Crippen LogP contribution in [0, 0.1) is 0 Å². The van der Waals surface area contributed by atoms with Gasteiger partial charge in [0, 0.05) is 31.1 Å². The number of amides is 3. The molecule has 6 nitrogen and oxygen atoms in total. The maximum Gasteiger partial charge on any atom is 0.318 e. The van der Waals surface area contributed by atoms with Crippen molar-refractivity contribution in [3.8, 4) is 5.75 Å². The third kappa shape index (κ3) is 5.19. The second-order valence-electron chi connectivity index (χ2n) is 8.65. The van der Waals surface area contributed by atoms with Crippen LogP contribution < -0.4 is 10.1 Å². The molecule has 164 valence electrons. The van der Waals surface area contributed by atoms with E-state index >= 15 is 0 Å². The van der Waals surface area contributed by atoms with Gasteiger partial charge in [0.1, 0.15) is 12.4 Å². The van der Waals surface area contributed by atoms with Gasteiger partial charge >= 0.3 is 6.03 Å². The molecule has 0 saturated carbocycles. The van der Waals surface area contributed by atoms with Crippen LogP contribution in [-0.4, -0.2) is 47.5 Å². The lowest BCUT2D eigenvalue weighted by Crippen LogP contribution is -2.43. The lowest BCUT2D eigenvalue weighted by molar-refractivity contribution is -0.132. The fraction of sp³-hybridized carbons (Fsp3) is 0.440. The van der Waals surface area contributed by atoms with Crippen LogP contribution in [-0.2, 0) is 30.7 Å². The first kappa shape index (κ1) is 21.2. The third-order valence-electron chi connectivity index (χ3n) is 5.92. The molecule has 0 unspecified atom stereocenters. The molecule has 0 atom stereocenters. The number of carbonyl (C=O) groups excluding carboxylic acids is 2. The van der Waals surface area contributed by atoms with E-state index in [2.05, 4.69) is 29.6 Å². The Bertz CT molecular complexity index is 957. The third-order valence-corrected chi connectivity index (χ3v) is 5.92. The summed E-state index contributed by atoms with van der Waals surface area (Å²) in [6.07, 6.45) is 2.09. The fourth-order valence-corrected chi connectivity index (χ4v) is 4.23.